The first kappa shape index (κ1) is 17.0. The number of hydrogen-bond acceptors (Lipinski definition) is 5. The molecule has 25 heavy (non-hydrogen) atoms. The molecule has 1 atom stereocenters. The third kappa shape index (κ3) is 3.83. The molecule has 0 fully saturated rings. The molecule has 1 amide bonds. The number of aryl methyl sites for hydroxylation is 1. The molecular weight excluding hydrogens is 334 g/mol. The van der Waals surface area contributed by atoms with Gasteiger partial charge in [-0.25, -0.2) is 4.68 Å². The second kappa shape index (κ2) is 7.40. The van der Waals surface area contributed by atoms with Crippen LogP contribution in [0.3, 0.4) is 0 Å². The van der Waals surface area contributed by atoms with Crippen molar-refractivity contribution >= 4 is 23.4 Å². The van der Waals surface area contributed by atoms with Crippen molar-refractivity contribution in [2.75, 3.05) is 11.2 Å². The maximum atomic E-state index is 12.3. The fourth-order valence-corrected chi connectivity index (χ4v) is 3.11. The minimum absolute atomic E-state index is 0.114. The molecule has 0 bridgehead atoms. The average Bonchev–Trinajstić information content (AvgIpc) is 2.97. The first-order chi connectivity index (χ1) is 12.1. The number of para-hydroxylation sites is 1. The zero-order valence-electron chi connectivity index (χ0n) is 14.0. The molecule has 2 aromatic carbocycles. The van der Waals surface area contributed by atoms with E-state index in [0.717, 1.165) is 16.8 Å². The summed E-state index contributed by atoms with van der Waals surface area (Å²) in [5, 5.41) is 11.3. The van der Waals surface area contributed by atoms with Crippen LogP contribution in [0, 0.1) is 6.92 Å². The third-order valence-corrected chi connectivity index (χ3v) is 4.80. The number of nitrogens with zero attached hydrogens (tertiary/aromatic N) is 3. The molecular formula is C18H19N5OS. The molecule has 1 aromatic heterocycles. The predicted octanol–water partition coefficient (Wildman–Crippen LogP) is 3.09. The molecule has 0 aliphatic carbocycles. The number of amides is 1. The highest BCUT2D eigenvalue weighted by Gasteiger charge is 2.20. The first-order valence-corrected chi connectivity index (χ1v) is 8.73. The van der Waals surface area contributed by atoms with Crippen LogP contribution in [0.1, 0.15) is 12.5 Å². The van der Waals surface area contributed by atoms with Gasteiger partial charge < -0.3 is 11.2 Å². The fourth-order valence-electron chi connectivity index (χ4n) is 2.34. The van der Waals surface area contributed by atoms with Crippen molar-refractivity contribution in [3.63, 3.8) is 0 Å². The van der Waals surface area contributed by atoms with Crippen LogP contribution in [0.15, 0.2) is 59.8 Å². The summed E-state index contributed by atoms with van der Waals surface area (Å²) in [6.07, 6.45) is 0. The minimum Gasteiger partial charge on any atom is -0.335 e. The summed E-state index contributed by atoms with van der Waals surface area (Å²) < 4.78 is 1.43. The molecule has 0 radical (unpaired) electrons. The van der Waals surface area contributed by atoms with Gasteiger partial charge in [-0.15, -0.1) is 10.2 Å². The van der Waals surface area contributed by atoms with Crippen molar-refractivity contribution in [3.8, 4) is 11.4 Å². The molecule has 0 spiro atoms. The van der Waals surface area contributed by atoms with E-state index < -0.39 is 0 Å². The molecule has 3 N–H and O–H groups in total. The molecule has 0 saturated heterocycles. The number of nitrogen functional groups attached to an aromatic ring is 1. The van der Waals surface area contributed by atoms with Crippen LogP contribution >= 0.6 is 11.8 Å². The Kier molecular flexibility index (Phi) is 5.04. The number of carbonyl (C=O) groups is 1. The quantitative estimate of drug-likeness (QED) is 0.544. The number of rotatable bonds is 5. The van der Waals surface area contributed by atoms with Gasteiger partial charge in [0.25, 0.3) is 0 Å². The standard InChI is InChI=1S/C18H19N5OS/c1-12-8-6-7-11-15(12)16-21-22-18(23(16)19)25-13(2)17(24)20-14-9-4-3-5-10-14/h3-11,13H,19H2,1-2H3,(H,20,24)/t13-/m1/s1. The van der Waals surface area contributed by atoms with Crippen LogP contribution < -0.4 is 11.2 Å². The highest BCUT2D eigenvalue weighted by Crippen LogP contribution is 2.26. The minimum atomic E-state index is -0.364. The lowest BCUT2D eigenvalue weighted by atomic mass is 10.1. The Morgan fingerprint density at radius 3 is 2.52 bits per heavy atom. The zero-order chi connectivity index (χ0) is 17.8. The van der Waals surface area contributed by atoms with Crippen molar-refractivity contribution in [3.05, 3.63) is 60.2 Å². The largest absolute Gasteiger partial charge is 0.335 e. The second-order valence-electron chi connectivity index (χ2n) is 5.61. The lowest BCUT2D eigenvalue weighted by molar-refractivity contribution is -0.115. The van der Waals surface area contributed by atoms with Crippen LogP contribution in [0.4, 0.5) is 5.69 Å². The van der Waals surface area contributed by atoms with Crippen molar-refractivity contribution in [1.82, 2.24) is 14.9 Å². The highest BCUT2D eigenvalue weighted by atomic mass is 32.2. The number of carbonyl (C=O) groups excluding carboxylic acids is 1. The van der Waals surface area contributed by atoms with Gasteiger partial charge in [-0.3, -0.25) is 4.79 Å². The van der Waals surface area contributed by atoms with E-state index in [1.165, 1.54) is 16.4 Å². The maximum Gasteiger partial charge on any atom is 0.237 e. The van der Waals surface area contributed by atoms with Crippen molar-refractivity contribution in [1.29, 1.82) is 0 Å². The van der Waals surface area contributed by atoms with Crippen LogP contribution in [0.25, 0.3) is 11.4 Å². The van der Waals surface area contributed by atoms with E-state index in [9.17, 15) is 4.79 Å². The molecule has 7 heteroatoms. The van der Waals surface area contributed by atoms with Crippen LogP contribution in [0.2, 0.25) is 0 Å². The summed E-state index contributed by atoms with van der Waals surface area (Å²) in [5.74, 6) is 6.61. The van der Waals surface area contributed by atoms with E-state index in [0.29, 0.717) is 11.0 Å². The molecule has 1 heterocycles. The third-order valence-electron chi connectivity index (χ3n) is 3.74. The number of nitrogens with two attached hydrogens (primary N) is 1. The smallest absolute Gasteiger partial charge is 0.237 e. The SMILES string of the molecule is Cc1ccccc1-c1nnc(S[C@H](C)C(=O)Nc2ccccc2)n1N. The molecule has 0 aliphatic heterocycles. The van der Waals surface area contributed by atoms with Crippen LogP contribution in [-0.2, 0) is 4.79 Å². The van der Waals surface area contributed by atoms with Gasteiger partial charge in [0.15, 0.2) is 5.82 Å². The summed E-state index contributed by atoms with van der Waals surface area (Å²) in [7, 11) is 0. The number of hydrogen-bond donors (Lipinski definition) is 2. The number of benzene rings is 2. The van der Waals surface area contributed by atoms with Gasteiger partial charge in [0.05, 0.1) is 5.25 Å². The first-order valence-electron chi connectivity index (χ1n) is 7.85. The Labute approximate surface area is 150 Å². The molecule has 0 unspecified atom stereocenters. The van der Waals surface area contributed by atoms with E-state index in [1.807, 2.05) is 68.4 Å². The van der Waals surface area contributed by atoms with Crippen LogP contribution in [-0.4, -0.2) is 26.0 Å². The lowest BCUT2D eigenvalue weighted by Crippen LogP contribution is -2.23. The summed E-state index contributed by atoms with van der Waals surface area (Å²) >= 11 is 1.27. The topological polar surface area (TPSA) is 85.8 Å². The summed E-state index contributed by atoms with van der Waals surface area (Å²) in [6.45, 7) is 3.80. The van der Waals surface area contributed by atoms with Gasteiger partial charge in [0.1, 0.15) is 0 Å². The molecule has 128 valence electrons. The maximum absolute atomic E-state index is 12.3. The van der Waals surface area contributed by atoms with Crippen LogP contribution in [0.5, 0.6) is 0 Å². The number of thioether (sulfide) groups is 1. The monoisotopic (exact) mass is 353 g/mol. The Bertz CT molecular complexity index is 878. The second-order valence-corrected chi connectivity index (χ2v) is 6.91. The molecule has 3 rings (SSSR count). The zero-order valence-corrected chi connectivity index (χ0v) is 14.8. The van der Waals surface area contributed by atoms with Gasteiger partial charge in [-0.1, -0.05) is 54.2 Å². The normalized spacial score (nSPS) is 11.9. The van der Waals surface area contributed by atoms with Gasteiger partial charge in [-0.2, -0.15) is 0 Å². The fraction of sp³-hybridized carbons (Fsp3) is 0.167. The molecule has 6 nitrogen and oxygen atoms in total. The van der Waals surface area contributed by atoms with Crippen molar-refractivity contribution in [2.24, 2.45) is 0 Å². The Hall–Kier alpha value is -2.80. The number of nitrogens with one attached hydrogen (secondary N) is 1. The lowest BCUT2D eigenvalue weighted by Gasteiger charge is -2.11. The molecule has 0 saturated carbocycles. The Morgan fingerprint density at radius 1 is 1.12 bits per heavy atom. The molecule has 0 aliphatic rings. The van der Waals surface area contributed by atoms with Gasteiger partial charge >= 0.3 is 0 Å². The Morgan fingerprint density at radius 2 is 1.80 bits per heavy atom. The van der Waals surface area contributed by atoms with Gasteiger partial charge in [0.2, 0.25) is 11.1 Å². The number of aromatic nitrogens is 3. The van der Waals surface area contributed by atoms with Gasteiger partial charge in [-0.05, 0) is 31.5 Å². The van der Waals surface area contributed by atoms with Crippen molar-refractivity contribution < 1.29 is 4.79 Å². The highest BCUT2D eigenvalue weighted by molar-refractivity contribution is 8.00. The number of anilines is 1. The van der Waals surface area contributed by atoms with E-state index in [-0.39, 0.29) is 11.2 Å². The predicted molar refractivity (Wildman–Crippen MR) is 101 cm³/mol. The summed E-state index contributed by atoms with van der Waals surface area (Å²) in [6, 6.07) is 17.2. The van der Waals surface area contributed by atoms with Gasteiger partial charge in [0, 0.05) is 11.3 Å². The van der Waals surface area contributed by atoms with Crippen molar-refractivity contribution in [2.45, 2.75) is 24.3 Å². The Balaban J connectivity index is 1.73. The van der Waals surface area contributed by atoms with E-state index in [2.05, 4.69) is 15.5 Å². The van der Waals surface area contributed by atoms with E-state index in [1.54, 1.807) is 0 Å². The summed E-state index contributed by atoms with van der Waals surface area (Å²) in [5.41, 5.74) is 2.74. The van der Waals surface area contributed by atoms with E-state index >= 15 is 0 Å². The van der Waals surface area contributed by atoms with E-state index in [4.69, 9.17) is 5.84 Å². The average molecular weight is 353 g/mol. The summed E-state index contributed by atoms with van der Waals surface area (Å²) in [4.78, 5) is 12.3. The molecule has 3 aromatic rings.